The van der Waals surface area contributed by atoms with Crippen molar-refractivity contribution in [3.05, 3.63) is 0 Å². The SMILES string of the molecule is CCN(CC)P(N)(CC)(CC)N(CC)CC. The molecule has 0 aromatic heterocycles. The van der Waals surface area contributed by atoms with Gasteiger partial charge in [-0.15, -0.1) is 0 Å². The maximum atomic E-state index is 7.03. The molecule has 0 fully saturated rings. The van der Waals surface area contributed by atoms with E-state index in [9.17, 15) is 0 Å². The molecule has 3 nitrogen and oxygen atoms in total. The topological polar surface area (TPSA) is 32.5 Å². The molecule has 0 rings (SSSR count). The zero-order chi connectivity index (χ0) is 12.8. The predicted molar refractivity (Wildman–Crippen MR) is 78.0 cm³/mol. The van der Waals surface area contributed by atoms with Crippen LogP contribution in [0, 0.1) is 0 Å². The van der Waals surface area contributed by atoms with Gasteiger partial charge in [-0.2, -0.15) is 0 Å². The van der Waals surface area contributed by atoms with Crippen molar-refractivity contribution in [2.24, 2.45) is 5.50 Å². The first-order valence-corrected chi connectivity index (χ1v) is 9.38. The zero-order valence-electron chi connectivity index (χ0n) is 12.2. The zero-order valence-corrected chi connectivity index (χ0v) is 13.1. The normalized spacial score (nSPS) is 15.4. The van der Waals surface area contributed by atoms with E-state index in [-0.39, 0.29) is 0 Å². The Labute approximate surface area is 102 Å². The van der Waals surface area contributed by atoms with Crippen LogP contribution in [0.5, 0.6) is 0 Å². The van der Waals surface area contributed by atoms with Crippen LogP contribution in [0.3, 0.4) is 0 Å². The minimum absolute atomic E-state index is 1.06. The van der Waals surface area contributed by atoms with Crippen molar-refractivity contribution in [3.63, 3.8) is 0 Å². The first kappa shape index (κ1) is 16.3. The first-order chi connectivity index (χ1) is 7.47. The van der Waals surface area contributed by atoms with E-state index < -0.39 is 7.06 Å². The summed E-state index contributed by atoms with van der Waals surface area (Å²) in [4.78, 5) is 0. The van der Waals surface area contributed by atoms with E-state index in [2.05, 4.69) is 50.9 Å². The fourth-order valence-corrected chi connectivity index (χ4v) is 8.19. The van der Waals surface area contributed by atoms with E-state index in [0.717, 1.165) is 38.5 Å². The molecule has 0 radical (unpaired) electrons. The molecule has 0 saturated carbocycles. The Morgan fingerprint density at radius 3 is 1.06 bits per heavy atom. The van der Waals surface area contributed by atoms with Gasteiger partial charge < -0.3 is 0 Å². The second kappa shape index (κ2) is 6.30. The van der Waals surface area contributed by atoms with Crippen LogP contribution in [0.15, 0.2) is 0 Å². The second-order valence-corrected chi connectivity index (χ2v) is 9.73. The number of nitrogens with zero attached hydrogens (tertiary/aromatic N) is 2. The molecule has 0 aromatic rings. The van der Waals surface area contributed by atoms with Gasteiger partial charge in [0.25, 0.3) is 0 Å². The monoisotopic (exact) mass is 249 g/mol. The summed E-state index contributed by atoms with van der Waals surface area (Å²) in [6.07, 6.45) is 2.18. The van der Waals surface area contributed by atoms with Crippen LogP contribution in [0.4, 0.5) is 0 Å². The molecule has 0 aliphatic heterocycles. The molecule has 0 spiro atoms. The fourth-order valence-electron chi connectivity index (χ4n) is 3.03. The molecule has 0 bridgehead atoms. The Bertz CT molecular complexity index is 180. The summed E-state index contributed by atoms with van der Waals surface area (Å²) in [5.41, 5.74) is 7.03. The summed E-state index contributed by atoms with van der Waals surface area (Å²) in [7, 11) is -2.32. The third kappa shape index (κ3) is 2.43. The number of rotatable bonds is 8. The van der Waals surface area contributed by atoms with Gasteiger partial charge in [-0.3, -0.25) is 0 Å². The molecular formula is C12H32N3P. The van der Waals surface area contributed by atoms with Crippen molar-refractivity contribution >= 4 is 7.06 Å². The molecule has 0 aromatic carbocycles. The van der Waals surface area contributed by atoms with Gasteiger partial charge in [-0.25, -0.2) is 0 Å². The van der Waals surface area contributed by atoms with Crippen molar-refractivity contribution < 1.29 is 0 Å². The van der Waals surface area contributed by atoms with Gasteiger partial charge >= 0.3 is 102 Å². The standard InChI is InChI=1S/C12H32N3P/c1-7-14(8-2)16(13,11-5,12-6)15(9-3)10-4/h7-13H2,1-6H3. The third-order valence-electron chi connectivity index (χ3n) is 4.22. The van der Waals surface area contributed by atoms with E-state index in [1.54, 1.807) is 0 Å². The van der Waals surface area contributed by atoms with Crippen LogP contribution >= 0.6 is 7.06 Å². The van der Waals surface area contributed by atoms with Crippen molar-refractivity contribution in [2.75, 3.05) is 38.5 Å². The number of nitrogens with two attached hydrogens (primary N) is 1. The molecule has 0 heterocycles. The van der Waals surface area contributed by atoms with E-state index in [4.69, 9.17) is 5.50 Å². The predicted octanol–water partition coefficient (Wildman–Crippen LogP) is 2.97. The molecule has 100 valence electrons. The summed E-state index contributed by atoms with van der Waals surface area (Å²) >= 11 is 0. The summed E-state index contributed by atoms with van der Waals surface area (Å²) in [6, 6.07) is 0. The summed E-state index contributed by atoms with van der Waals surface area (Å²) in [5.74, 6) is 0. The Balaban J connectivity index is 5.47. The second-order valence-electron chi connectivity index (χ2n) is 4.39. The Morgan fingerprint density at radius 2 is 0.938 bits per heavy atom. The van der Waals surface area contributed by atoms with Gasteiger partial charge in [0.2, 0.25) is 0 Å². The molecule has 16 heavy (non-hydrogen) atoms. The summed E-state index contributed by atoms with van der Waals surface area (Å²) in [6.45, 7) is 17.7. The van der Waals surface area contributed by atoms with Crippen LogP contribution < -0.4 is 5.50 Å². The average molecular weight is 249 g/mol. The van der Waals surface area contributed by atoms with Gasteiger partial charge in [0.1, 0.15) is 0 Å². The number of hydrogen-bond acceptors (Lipinski definition) is 3. The van der Waals surface area contributed by atoms with Crippen LogP contribution in [0.25, 0.3) is 0 Å². The maximum absolute atomic E-state index is 7.03. The summed E-state index contributed by atoms with van der Waals surface area (Å²) < 4.78 is 5.08. The van der Waals surface area contributed by atoms with E-state index >= 15 is 0 Å². The van der Waals surface area contributed by atoms with Crippen LogP contribution in [-0.2, 0) is 0 Å². The Morgan fingerprint density at radius 1 is 0.688 bits per heavy atom. The minimum atomic E-state index is -2.32. The van der Waals surface area contributed by atoms with Crippen LogP contribution in [0.2, 0.25) is 0 Å². The Kier molecular flexibility index (Phi) is 6.42. The van der Waals surface area contributed by atoms with Crippen LogP contribution in [-0.4, -0.2) is 47.8 Å². The van der Waals surface area contributed by atoms with Gasteiger partial charge in [0, 0.05) is 0 Å². The van der Waals surface area contributed by atoms with Crippen LogP contribution in [0.1, 0.15) is 41.5 Å². The Hall–Kier alpha value is 0.310. The van der Waals surface area contributed by atoms with Gasteiger partial charge in [-0.05, 0) is 0 Å². The average Bonchev–Trinajstić information content (AvgIpc) is 2.32. The fraction of sp³-hybridized carbons (Fsp3) is 1.00. The van der Waals surface area contributed by atoms with Gasteiger partial charge in [0.15, 0.2) is 0 Å². The van der Waals surface area contributed by atoms with E-state index in [1.807, 2.05) is 0 Å². The van der Waals surface area contributed by atoms with Gasteiger partial charge in [-0.1, -0.05) is 0 Å². The molecule has 4 heteroatoms. The molecule has 0 unspecified atom stereocenters. The molecule has 0 aliphatic rings. The molecule has 0 saturated heterocycles. The van der Waals surface area contributed by atoms with Crippen molar-refractivity contribution in [1.29, 1.82) is 0 Å². The molecule has 0 atom stereocenters. The molecule has 0 amide bonds. The summed E-state index contributed by atoms with van der Waals surface area (Å²) in [5, 5.41) is 0. The molecule has 2 N–H and O–H groups in total. The van der Waals surface area contributed by atoms with Crippen molar-refractivity contribution in [2.45, 2.75) is 41.5 Å². The molecule has 0 aliphatic carbocycles. The quantitative estimate of drug-likeness (QED) is 0.671. The first-order valence-electron chi connectivity index (χ1n) is 6.80. The van der Waals surface area contributed by atoms with E-state index in [0.29, 0.717) is 0 Å². The van der Waals surface area contributed by atoms with E-state index in [1.165, 1.54) is 0 Å². The van der Waals surface area contributed by atoms with Crippen molar-refractivity contribution in [3.8, 4) is 0 Å². The molecular weight excluding hydrogens is 217 g/mol. The third-order valence-corrected chi connectivity index (χ3v) is 10.9. The van der Waals surface area contributed by atoms with Gasteiger partial charge in [0.05, 0.1) is 0 Å². The number of hydrogen-bond donors (Lipinski definition) is 1. The van der Waals surface area contributed by atoms with Crippen molar-refractivity contribution in [1.82, 2.24) is 9.34 Å².